The first-order valence-corrected chi connectivity index (χ1v) is 6.65. The van der Waals surface area contributed by atoms with Crippen LogP contribution in [-0.4, -0.2) is 30.0 Å². The number of hydrogen-bond donors (Lipinski definition) is 2. The van der Waals surface area contributed by atoms with E-state index in [0.717, 1.165) is 13.0 Å². The van der Waals surface area contributed by atoms with Crippen LogP contribution in [0.3, 0.4) is 0 Å². The largest absolute Gasteiger partial charge is 0.355 e. The Hall–Kier alpha value is -0.220. The Bertz CT molecular complexity index is 195. The van der Waals surface area contributed by atoms with E-state index in [1.165, 1.54) is 0 Å². The van der Waals surface area contributed by atoms with Gasteiger partial charge in [0.25, 0.3) is 0 Å². The molecule has 0 aromatic heterocycles. The van der Waals surface area contributed by atoms with E-state index >= 15 is 0 Å². The zero-order valence-electron chi connectivity index (χ0n) is 10.3. The molecule has 0 rings (SSSR count). The SMILES string of the molecule is CSC(C)(C)CNC(=O)CCC(C)CN. The lowest BCUT2D eigenvalue weighted by molar-refractivity contribution is -0.121. The fourth-order valence-electron chi connectivity index (χ4n) is 0.967. The van der Waals surface area contributed by atoms with Crippen LogP contribution >= 0.6 is 11.8 Å². The Balaban J connectivity index is 3.67. The number of rotatable bonds is 7. The summed E-state index contributed by atoms with van der Waals surface area (Å²) in [4.78, 5) is 11.5. The lowest BCUT2D eigenvalue weighted by Crippen LogP contribution is -2.36. The maximum atomic E-state index is 11.5. The van der Waals surface area contributed by atoms with Gasteiger partial charge in [0.1, 0.15) is 0 Å². The van der Waals surface area contributed by atoms with Crippen molar-refractivity contribution in [2.24, 2.45) is 11.7 Å². The number of hydrogen-bond acceptors (Lipinski definition) is 3. The summed E-state index contributed by atoms with van der Waals surface area (Å²) < 4.78 is 0.120. The summed E-state index contributed by atoms with van der Waals surface area (Å²) in [5, 5.41) is 2.95. The van der Waals surface area contributed by atoms with Gasteiger partial charge in [-0.3, -0.25) is 4.79 Å². The van der Waals surface area contributed by atoms with Crippen molar-refractivity contribution in [2.75, 3.05) is 19.3 Å². The average molecular weight is 232 g/mol. The van der Waals surface area contributed by atoms with Crippen molar-refractivity contribution < 1.29 is 4.79 Å². The van der Waals surface area contributed by atoms with Gasteiger partial charge in [-0.25, -0.2) is 0 Å². The number of amides is 1. The maximum absolute atomic E-state index is 11.5. The summed E-state index contributed by atoms with van der Waals surface area (Å²) in [6.45, 7) is 7.70. The second-order valence-electron chi connectivity index (χ2n) is 4.62. The molecule has 1 atom stereocenters. The standard InChI is InChI=1S/C11H24N2OS/c1-9(7-12)5-6-10(14)13-8-11(2,3)15-4/h9H,5-8,12H2,1-4H3,(H,13,14). The molecule has 1 amide bonds. The highest BCUT2D eigenvalue weighted by Crippen LogP contribution is 2.19. The number of carbonyl (C=O) groups is 1. The maximum Gasteiger partial charge on any atom is 0.220 e. The number of nitrogens with two attached hydrogens (primary N) is 1. The molecule has 3 N–H and O–H groups in total. The summed E-state index contributed by atoms with van der Waals surface area (Å²) in [6, 6.07) is 0. The van der Waals surface area contributed by atoms with Gasteiger partial charge >= 0.3 is 0 Å². The van der Waals surface area contributed by atoms with Crippen LogP contribution in [0.2, 0.25) is 0 Å². The van der Waals surface area contributed by atoms with Crippen molar-refractivity contribution >= 4 is 17.7 Å². The summed E-state index contributed by atoms with van der Waals surface area (Å²) in [5.74, 6) is 0.571. The molecule has 0 saturated carbocycles. The monoisotopic (exact) mass is 232 g/mol. The Labute approximate surface area is 97.6 Å². The van der Waals surface area contributed by atoms with E-state index in [2.05, 4.69) is 32.3 Å². The summed E-state index contributed by atoms with van der Waals surface area (Å²) in [7, 11) is 0. The van der Waals surface area contributed by atoms with Crippen LogP contribution in [0.15, 0.2) is 0 Å². The summed E-state index contributed by atoms with van der Waals surface area (Å²) in [6.07, 6.45) is 3.52. The van der Waals surface area contributed by atoms with E-state index in [-0.39, 0.29) is 10.7 Å². The van der Waals surface area contributed by atoms with Gasteiger partial charge in [0.2, 0.25) is 5.91 Å². The number of thioether (sulfide) groups is 1. The third-order valence-corrected chi connectivity index (χ3v) is 3.78. The minimum absolute atomic E-state index is 0.120. The van der Waals surface area contributed by atoms with Crippen LogP contribution in [0, 0.1) is 5.92 Å². The molecule has 3 nitrogen and oxygen atoms in total. The predicted molar refractivity (Wildman–Crippen MR) is 68.1 cm³/mol. The van der Waals surface area contributed by atoms with Gasteiger partial charge in [0.05, 0.1) is 0 Å². The van der Waals surface area contributed by atoms with Crippen LogP contribution in [0.5, 0.6) is 0 Å². The fraction of sp³-hybridized carbons (Fsp3) is 0.909. The lowest BCUT2D eigenvalue weighted by Gasteiger charge is -2.22. The first-order chi connectivity index (χ1) is 6.91. The van der Waals surface area contributed by atoms with Crippen LogP contribution in [0.4, 0.5) is 0 Å². The molecule has 0 bridgehead atoms. The first-order valence-electron chi connectivity index (χ1n) is 5.43. The van der Waals surface area contributed by atoms with Gasteiger partial charge in [0, 0.05) is 17.7 Å². The van der Waals surface area contributed by atoms with Gasteiger partial charge in [-0.1, -0.05) is 6.92 Å². The first kappa shape index (κ1) is 14.8. The van der Waals surface area contributed by atoms with Crippen LogP contribution < -0.4 is 11.1 Å². The molecule has 0 saturated heterocycles. The molecular weight excluding hydrogens is 208 g/mol. The zero-order valence-corrected chi connectivity index (χ0v) is 11.1. The Kier molecular flexibility index (Phi) is 7.02. The topological polar surface area (TPSA) is 55.1 Å². The van der Waals surface area contributed by atoms with Crippen molar-refractivity contribution in [1.29, 1.82) is 0 Å². The normalized spacial score (nSPS) is 13.7. The molecule has 0 aliphatic carbocycles. The zero-order chi connectivity index (χ0) is 11.9. The smallest absolute Gasteiger partial charge is 0.220 e. The van der Waals surface area contributed by atoms with Crippen molar-refractivity contribution in [2.45, 2.75) is 38.4 Å². The molecule has 0 aliphatic heterocycles. The van der Waals surface area contributed by atoms with Crippen molar-refractivity contribution in [3.8, 4) is 0 Å². The van der Waals surface area contributed by atoms with Crippen LogP contribution in [0.1, 0.15) is 33.6 Å². The van der Waals surface area contributed by atoms with E-state index in [1.54, 1.807) is 11.8 Å². The van der Waals surface area contributed by atoms with Gasteiger partial charge in [0.15, 0.2) is 0 Å². The third kappa shape index (κ3) is 7.68. The third-order valence-electron chi connectivity index (χ3n) is 2.53. The van der Waals surface area contributed by atoms with E-state index in [1.807, 2.05) is 0 Å². The van der Waals surface area contributed by atoms with Gasteiger partial charge < -0.3 is 11.1 Å². The van der Waals surface area contributed by atoms with Crippen LogP contribution in [-0.2, 0) is 4.79 Å². The second-order valence-corrected chi connectivity index (χ2v) is 6.13. The molecule has 0 spiro atoms. The van der Waals surface area contributed by atoms with Crippen molar-refractivity contribution in [1.82, 2.24) is 5.32 Å². The van der Waals surface area contributed by atoms with E-state index in [9.17, 15) is 4.79 Å². The van der Waals surface area contributed by atoms with Crippen LogP contribution in [0.25, 0.3) is 0 Å². The summed E-state index contributed by atoms with van der Waals surface area (Å²) in [5.41, 5.74) is 5.49. The summed E-state index contributed by atoms with van der Waals surface area (Å²) >= 11 is 1.76. The number of carbonyl (C=O) groups excluding carboxylic acids is 1. The van der Waals surface area contributed by atoms with E-state index in [4.69, 9.17) is 5.73 Å². The minimum atomic E-state index is 0.120. The second kappa shape index (κ2) is 7.12. The Morgan fingerprint density at radius 1 is 1.53 bits per heavy atom. The fourth-order valence-corrected chi connectivity index (χ4v) is 1.18. The Morgan fingerprint density at radius 3 is 2.60 bits per heavy atom. The lowest BCUT2D eigenvalue weighted by atomic mass is 10.1. The molecule has 0 heterocycles. The van der Waals surface area contributed by atoms with Gasteiger partial charge in [-0.15, -0.1) is 0 Å². The quantitative estimate of drug-likeness (QED) is 0.701. The molecule has 0 aromatic carbocycles. The highest BCUT2D eigenvalue weighted by molar-refractivity contribution is 7.99. The molecule has 0 radical (unpaired) electrons. The van der Waals surface area contributed by atoms with E-state index < -0.39 is 0 Å². The molecular formula is C11H24N2OS. The molecule has 0 fully saturated rings. The van der Waals surface area contributed by atoms with Crippen molar-refractivity contribution in [3.05, 3.63) is 0 Å². The Morgan fingerprint density at radius 2 is 2.13 bits per heavy atom. The molecule has 0 aromatic rings. The van der Waals surface area contributed by atoms with E-state index in [0.29, 0.717) is 18.9 Å². The molecule has 90 valence electrons. The molecule has 0 aliphatic rings. The van der Waals surface area contributed by atoms with Gasteiger partial charge in [-0.05, 0) is 39.0 Å². The average Bonchev–Trinajstić information content (AvgIpc) is 2.23. The predicted octanol–water partition coefficient (Wildman–Crippen LogP) is 1.62. The highest BCUT2D eigenvalue weighted by atomic mass is 32.2. The minimum Gasteiger partial charge on any atom is -0.355 e. The van der Waals surface area contributed by atoms with Gasteiger partial charge in [-0.2, -0.15) is 11.8 Å². The molecule has 1 unspecified atom stereocenters. The molecule has 15 heavy (non-hydrogen) atoms. The molecule has 4 heteroatoms. The van der Waals surface area contributed by atoms with Crippen molar-refractivity contribution in [3.63, 3.8) is 0 Å². The number of nitrogens with one attached hydrogen (secondary N) is 1. The highest BCUT2D eigenvalue weighted by Gasteiger charge is 2.16.